The van der Waals surface area contributed by atoms with Gasteiger partial charge in [-0.25, -0.2) is 4.98 Å². The van der Waals surface area contributed by atoms with Gasteiger partial charge in [-0.3, -0.25) is 9.69 Å². The quantitative estimate of drug-likeness (QED) is 0.567. The number of hydrogen-bond donors (Lipinski definition) is 1. The molecule has 33 heavy (non-hydrogen) atoms. The average molecular weight is 463 g/mol. The zero-order chi connectivity index (χ0) is 24.0. The summed E-state index contributed by atoms with van der Waals surface area (Å²) >= 11 is 1.17. The Bertz CT molecular complexity index is 1080. The molecule has 2 heterocycles. The number of hydrogen-bond acceptors (Lipinski definition) is 7. The lowest BCUT2D eigenvalue weighted by atomic mass is 10.0. The van der Waals surface area contributed by atoms with Crippen molar-refractivity contribution in [3.8, 4) is 12.1 Å². The maximum absolute atomic E-state index is 12.3. The molecule has 0 spiro atoms. The first kappa shape index (κ1) is 24.6. The van der Waals surface area contributed by atoms with Crippen molar-refractivity contribution in [2.45, 2.75) is 49.4 Å². The van der Waals surface area contributed by atoms with Crippen LogP contribution in [0, 0.1) is 22.7 Å². The van der Waals surface area contributed by atoms with Gasteiger partial charge in [0, 0.05) is 26.2 Å². The Balaban J connectivity index is 2.00. The molecule has 1 aromatic carbocycles. The number of nitriles is 2. The van der Waals surface area contributed by atoms with Gasteiger partial charge in [0.1, 0.15) is 28.2 Å². The van der Waals surface area contributed by atoms with Gasteiger partial charge in [0.15, 0.2) is 0 Å². The highest BCUT2D eigenvalue weighted by Gasteiger charge is 2.27. The minimum absolute atomic E-state index is 0.339. The molecule has 8 heteroatoms. The summed E-state index contributed by atoms with van der Waals surface area (Å²) in [5.41, 5.74) is 7.89. The van der Waals surface area contributed by atoms with E-state index in [1.807, 2.05) is 49.2 Å². The predicted octanol–water partition coefficient (Wildman–Crippen LogP) is 3.63. The molecule has 0 aliphatic carbocycles. The Hall–Kier alpha value is -3.07. The van der Waals surface area contributed by atoms with Gasteiger partial charge in [-0.15, -0.1) is 0 Å². The number of carbonyl (C=O) groups excluding carboxylic acids is 1. The molecule has 2 aromatic rings. The summed E-state index contributed by atoms with van der Waals surface area (Å²) in [4.78, 5) is 21.5. The number of likely N-dealkylation sites (N-methyl/N-ethyl adjacent to an activating group) is 1. The number of aromatic nitrogens is 1. The first-order valence-electron chi connectivity index (χ1n) is 11.2. The van der Waals surface area contributed by atoms with Crippen LogP contribution in [0.25, 0.3) is 0 Å². The Morgan fingerprint density at radius 2 is 2.00 bits per heavy atom. The maximum atomic E-state index is 12.3. The molecule has 0 radical (unpaired) electrons. The zero-order valence-corrected chi connectivity index (χ0v) is 20.2. The second kappa shape index (κ2) is 11.2. The van der Waals surface area contributed by atoms with Gasteiger partial charge in [0.05, 0.1) is 11.1 Å². The number of primary amides is 1. The Morgan fingerprint density at radius 3 is 2.55 bits per heavy atom. The number of carbonyl (C=O) groups is 1. The van der Waals surface area contributed by atoms with Crippen LogP contribution in [0.4, 0.5) is 5.82 Å². The normalized spacial score (nSPS) is 16.7. The van der Waals surface area contributed by atoms with E-state index in [0.29, 0.717) is 46.5 Å². The van der Waals surface area contributed by atoms with Gasteiger partial charge in [0.2, 0.25) is 5.91 Å². The van der Waals surface area contributed by atoms with Crippen LogP contribution in [0.15, 0.2) is 35.4 Å². The van der Waals surface area contributed by atoms with Crippen LogP contribution >= 0.6 is 11.8 Å². The van der Waals surface area contributed by atoms with Gasteiger partial charge >= 0.3 is 0 Å². The van der Waals surface area contributed by atoms with E-state index in [-0.39, 0.29) is 0 Å². The van der Waals surface area contributed by atoms with Gasteiger partial charge in [-0.2, -0.15) is 10.5 Å². The van der Waals surface area contributed by atoms with Gasteiger partial charge in [-0.1, -0.05) is 49.0 Å². The SMILES string of the molecule is CCc1c(C#N)c(SC(C(N)=O)c2ccccc2)nc(N(C)CCN2CCCC2C)c1C#N. The molecule has 1 amide bonds. The molecule has 1 saturated heterocycles. The topological polar surface area (TPSA) is 110 Å². The molecule has 7 nitrogen and oxygen atoms in total. The molecule has 1 aliphatic rings. The Morgan fingerprint density at radius 1 is 1.30 bits per heavy atom. The van der Waals surface area contributed by atoms with E-state index < -0.39 is 11.2 Å². The Kier molecular flexibility index (Phi) is 8.32. The fourth-order valence-electron chi connectivity index (χ4n) is 4.28. The third-order valence-corrected chi connectivity index (χ3v) is 7.45. The zero-order valence-electron chi connectivity index (χ0n) is 19.4. The number of thioether (sulfide) groups is 1. The third kappa shape index (κ3) is 5.47. The summed E-state index contributed by atoms with van der Waals surface area (Å²) in [5, 5.41) is 19.6. The van der Waals surface area contributed by atoms with Crippen molar-refractivity contribution in [3.05, 3.63) is 52.6 Å². The first-order chi connectivity index (χ1) is 15.9. The fourth-order valence-corrected chi connectivity index (χ4v) is 5.34. The molecule has 0 saturated carbocycles. The van der Waals surface area contributed by atoms with Gasteiger partial charge in [0.25, 0.3) is 0 Å². The summed E-state index contributed by atoms with van der Waals surface area (Å²) in [7, 11) is 1.92. The molecular formula is C25H30N6OS. The fraction of sp³-hybridized carbons (Fsp3) is 0.440. The lowest BCUT2D eigenvalue weighted by molar-refractivity contribution is -0.117. The highest BCUT2D eigenvalue weighted by Crippen LogP contribution is 2.39. The van der Waals surface area contributed by atoms with Crippen molar-refractivity contribution < 1.29 is 4.79 Å². The van der Waals surface area contributed by atoms with E-state index in [9.17, 15) is 15.3 Å². The number of nitrogens with two attached hydrogens (primary N) is 1. The summed E-state index contributed by atoms with van der Waals surface area (Å²) in [6.45, 7) is 6.83. The number of likely N-dealkylation sites (tertiary alicyclic amines) is 1. The standard InChI is InChI=1S/C25H30N6OS/c1-4-19-20(15-26)24(30(3)13-14-31-12-8-9-17(31)2)29-25(21(19)16-27)33-22(23(28)32)18-10-6-5-7-11-18/h5-7,10-11,17,22H,4,8-9,12-14H2,1-3H3,(H2,28,32). The molecule has 0 bridgehead atoms. The number of rotatable bonds is 9. The molecule has 1 aromatic heterocycles. The van der Waals surface area contributed by atoms with E-state index in [1.165, 1.54) is 24.6 Å². The maximum Gasteiger partial charge on any atom is 0.235 e. The second-order valence-corrected chi connectivity index (χ2v) is 9.40. The van der Waals surface area contributed by atoms with E-state index in [4.69, 9.17) is 10.7 Å². The van der Waals surface area contributed by atoms with Crippen molar-refractivity contribution in [2.75, 3.05) is 31.6 Å². The smallest absolute Gasteiger partial charge is 0.235 e. The van der Waals surface area contributed by atoms with E-state index in [1.54, 1.807) is 0 Å². The summed E-state index contributed by atoms with van der Waals surface area (Å²) < 4.78 is 0. The van der Waals surface area contributed by atoms with Crippen LogP contribution in [0.2, 0.25) is 0 Å². The average Bonchev–Trinajstić information content (AvgIpc) is 3.24. The van der Waals surface area contributed by atoms with Gasteiger partial charge < -0.3 is 10.6 Å². The van der Waals surface area contributed by atoms with Crippen molar-refractivity contribution in [3.63, 3.8) is 0 Å². The number of anilines is 1. The predicted molar refractivity (Wildman–Crippen MR) is 131 cm³/mol. The van der Waals surface area contributed by atoms with Crippen LogP contribution < -0.4 is 10.6 Å². The highest BCUT2D eigenvalue weighted by molar-refractivity contribution is 8.00. The van der Waals surface area contributed by atoms with Crippen LogP contribution in [0.5, 0.6) is 0 Å². The van der Waals surface area contributed by atoms with Gasteiger partial charge in [-0.05, 0) is 43.9 Å². The monoisotopic (exact) mass is 462 g/mol. The lowest BCUT2D eigenvalue weighted by Crippen LogP contribution is -2.35. The van der Waals surface area contributed by atoms with Crippen LogP contribution in [0.3, 0.4) is 0 Å². The van der Waals surface area contributed by atoms with Crippen molar-refractivity contribution >= 4 is 23.5 Å². The summed E-state index contributed by atoms with van der Waals surface area (Å²) in [6.07, 6.45) is 2.92. The molecule has 172 valence electrons. The minimum atomic E-state index is -0.688. The van der Waals surface area contributed by atoms with Crippen LogP contribution in [-0.2, 0) is 11.2 Å². The third-order valence-electron chi connectivity index (χ3n) is 6.19. The van der Waals surface area contributed by atoms with E-state index in [0.717, 1.165) is 18.7 Å². The van der Waals surface area contributed by atoms with E-state index in [2.05, 4.69) is 24.0 Å². The van der Waals surface area contributed by atoms with Crippen LogP contribution in [0.1, 0.15) is 54.2 Å². The van der Waals surface area contributed by atoms with Crippen molar-refractivity contribution in [1.82, 2.24) is 9.88 Å². The molecule has 2 atom stereocenters. The number of amides is 1. The highest BCUT2D eigenvalue weighted by atomic mass is 32.2. The van der Waals surface area contributed by atoms with Crippen LogP contribution in [-0.4, -0.2) is 48.5 Å². The molecule has 1 aliphatic heterocycles. The summed E-state index contributed by atoms with van der Waals surface area (Å²) in [5.74, 6) is 0.0382. The second-order valence-electron chi connectivity index (χ2n) is 8.31. The molecule has 2 unspecified atom stereocenters. The van der Waals surface area contributed by atoms with Crippen molar-refractivity contribution in [2.24, 2.45) is 5.73 Å². The summed E-state index contributed by atoms with van der Waals surface area (Å²) in [6, 6.07) is 14.3. The lowest BCUT2D eigenvalue weighted by Gasteiger charge is -2.27. The first-order valence-corrected chi connectivity index (χ1v) is 12.1. The number of nitrogens with zero attached hydrogens (tertiary/aromatic N) is 5. The molecule has 2 N–H and O–H groups in total. The number of pyridine rings is 1. The molecule has 3 rings (SSSR count). The number of benzene rings is 1. The molecule has 1 fully saturated rings. The largest absolute Gasteiger partial charge is 0.368 e. The minimum Gasteiger partial charge on any atom is -0.368 e. The Labute approximate surface area is 200 Å². The van der Waals surface area contributed by atoms with Crippen molar-refractivity contribution in [1.29, 1.82) is 10.5 Å². The molecular weight excluding hydrogens is 432 g/mol. The van der Waals surface area contributed by atoms with E-state index >= 15 is 0 Å².